The molecule has 0 atom stereocenters. The molecule has 222 valence electrons. The Morgan fingerprint density at radius 3 is 2.74 bits per heavy atom. The third kappa shape index (κ3) is 5.75. The van der Waals surface area contributed by atoms with Crippen LogP contribution in [0, 0.1) is 0 Å². The summed E-state index contributed by atoms with van der Waals surface area (Å²) >= 11 is 0. The lowest BCUT2D eigenvalue weighted by Crippen LogP contribution is -2.57. The minimum atomic E-state index is -3.13. The molecule has 1 aliphatic heterocycles. The summed E-state index contributed by atoms with van der Waals surface area (Å²) in [5.74, 6) is -0.0647. The van der Waals surface area contributed by atoms with Crippen molar-refractivity contribution in [2.45, 2.75) is 18.8 Å². The van der Waals surface area contributed by atoms with Gasteiger partial charge in [-0.15, -0.1) is 0 Å². The lowest BCUT2D eigenvalue weighted by Gasteiger charge is -2.44. The van der Waals surface area contributed by atoms with E-state index in [2.05, 4.69) is 20.5 Å². The van der Waals surface area contributed by atoms with Crippen LogP contribution in [0.3, 0.4) is 0 Å². The Labute approximate surface area is 243 Å². The molecule has 1 fully saturated rings. The minimum absolute atomic E-state index is 0.0766. The molecule has 0 radical (unpaired) electrons. The fourth-order valence-electron chi connectivity index (χ4n) is 5.08. The van der Waals surface area contributed by atoms with Crippen LogP contribution in [0.2, 0.25) is 0 Å². The van der Waals surface area contributed by atoms with E-state index in [1.54, 1.807) is 30.5 Å². The standard InChI is InChI=1S/C29H27F2N7O5/c1-36-16-29(41,17-36)18-4-2-5-19(12-18)42-20-6-7-24(43-28(30)31)21(13-20)25-23(15-37(35-25)10-11-39)34-27(40)22-14-33-38-9-3-8-32-26(22)38/h2-9,12-15,28,39,41H,10-11,16-17H2,1H3,(H,34,40). The number of hydrogen-bond donors (Lipinski definition) is 3. The van der Waals surface area contributed by atoms with Gasteiger partial charge in [-0.05, 0) is 49.0 Å². The quantitative estimate of drug-likeness (QED) is 0.223. The van der Waals surface area contributed by atoms with Crippen LogP contribution >= 0.6 is 0 Å². The largest absolute Gasteiger partial charge is 0.457 e. The zero-order valence-electron chi connectivity index (χ0n) is 22.9. The number of β-amino-alcohol motifs (C(OH)–C–C–N with tert-alkyl or cyclic N) is 1. The van der Waals surface area contributed by atoms with Gasteiger partial charge >= 0.3 is 6.61 Å². The van der Waals surface area contributed by atoms with Gasteiger partial charge in [0.05, 0.1) is 30.6 Å². The second-order valence-electron chi connectivity index (χ2n) is 10.1. The van der Waals surface area contributed by atoms with Gasteiger partial charge in [-0.1, -0.05) is 12.1 Å². The molecule has 4 heterocycles. The van der Waals surface area contributed by atoms with Gasteiger partial charge in [-0.2, -0.15) is 19.0 Å². The summed E-state index contributed by atoms with van der Waals surface area (Å²) in [6, 6.07) is 12.9. The average molecular weight is 592 g/mol. The normalized spacial score (nSPS) is 14.6. The Bertz CT molecular complexity index is 1780. The second-order valence-corrected chi connectivity index (χ2v) is 10.1. The molecule has 1 aliphatic rings. The molecule has 0 aliphatic carbocycles. The molecule has 1 amide bonds. The number of ether oxygens (including phenoxy) is 2. The van der Waals surface area contributed by atoms with Gasteiger partial charge in [0.1, 0.15) is 34.1 Å². The summed E-state index contributed by atoms with van der Waals surface area (Å²) in [6.45, 7) is -2.35. The Hall–Kier alpha value is -4.92. The zero-order valence-corrected chi connectivity index (χ0v) is 22.9. The number of anilines is 1. The van der Waals surface area contributed by atoms with Gasteiger partial charge in [-0.3, -0.25) is 14.4 Å². The number of nitrogens with one attached hydrogen (secondary N) is 1. The van der Waals surface area contributed by atoms with Crippen LogP contribution in [-0.2, 0) is 12.1 Å². The number of aromatic nitrogens is 5. The van der Waals surface area contributed by atoms with Gasteiger partial charge < -0.3 is 25.0 Å². The summed E-state index contributed by atoms with van der Waals surface area (Å²) in [4.78, 5) is 19.5. The molecular weight excluding hydrogens is 564 g/mol. The number of likely N-dealkylation sites (N-methyl/N-ethyl adjacent to an activating group) is 1. The van der Waals surface area contributed by atoms with Gasteiger partial charge in [-0.25, -0.2) is 9.50 Å². The van der Waals surface area contributed by atoms with E-state index < -0.39 is 18.1 Å². The molecule has 6 rings (SSSR count). The highest BCUT2D eigenvalue weighted by Gasteiger charge is 2.40. The minimum Gasteiger partial charge on any atom is -0.457 e. The van der Waals surface area contributed by atoms with Gasteiger partial charge in [0.2, 0.25) is 0 Å². The van der Waals surface area contributed by atoms with Crippen molar-refractivity contribution in [2.75, 3.05) is 32.1 Å². The van der Waals surface area contributed by atoms with Gasteiger partial charge in [0, 0.05) is 31.7 Å². The van der Waals surface area contributed by atoms with Crippen LogP contribution in [0.15, 0.2) is 73.3 Å². The number of carbonyl (C=O) groups excluding carboxylic acids is 1. The summed E-state index contributed by atoms with van der Waals surface area (Å²) in [7, 11) is 1.91. The first kappa shape index (κ1) is 28.2. The number of likely N-dealkylation sites (tertiary alicyclic amines) is 1. The molecule has 1 saturated heterocycles. The van der Waals surface area contributed by atoms with Gasteiger partial charge in [0.15, 0.2) is 5.65 Å². The number of hydrogen-bond acceptors (Lipinski definition) is 9. The third-order valence-corrected chi connectivity index (χ3v) is 6.96. The maximum atomic E-state index is 13.4. The Balaban J connectivity index is 1.36. The molecule has 2 aromatic carbocycles. The van der Waals surface area contributed by atoms with Crippen molar-refractivity contribution < 1.29 is 33.3 Å². The molecule has 5 aromatic rings. The smallest absolute Gasteiger partial charge is 0.387 e. The number of carbonyl (C=O) groups is 1. The van der Waals surface area contributed by atoms with E-state index in [4.69, 9.17) is 9.47 Å². The van der Waals surface area contributed by atoms with Crippen molar-refractivity contribution in [1.29, 1.82) is 0 Å². The fourth-order valence-corrected chi connectivity index (χ4v) is 5.08. The fraction of sp³-hybridized carbons (Fsp3) is 0.241. The van der Waals surface area contributed by atoms with E-state index in [-0.39, 0.29) is 47.2 Å². The first-order valence-corrected chi connectivity index (χ1v) is 13.3. The van der Waals surface area contributed by atoms with E-state index in [1.807, 2.05) is 18.0 Å². The van der Waals surface area contributed by atoms with Crippen molar-refractivity contribution in [2.24, 2.45) is 0 Å². The van der Waals surface area contributed by atoms with Crippen LogP contribution in [0.25, 0.3) is 16.9 Å². The molecule has 12 nitrogen and oxygen atoms in total. The Kier molecular flexibility index (Phi) is 7.48. The highest BCUT2D eigenvalue weighted by molar-refractivity contribution is 6.09. The predicted molar refractivity (Wildman–Crippen MR) is 150 cm³/mol. The molecule has 3 aromatic heterocycles. The van der Waals surface area contributed by atoms with Crippen molar-refractivity contribution in [3.05, 3.63) is 84.4 Å². The zero-order chi connectivity index (χ0) is 30.1. The van der Waals surface area contributed by atoms with E-state index in [0.717, 1.165) is 0 Å². The van der Waals surface area contributed by atoms with E-state index >= 15 is 0 Å². The number of alkyl halides is 2. The van der Waals surface area contributed by atoms with Crippen LogP contribution in [-0.4, -0.2) is 78.8 Å². The van der Waals surface area contributed by atoms with E-state index in [9.17, 15) is 23.8 Å². The summed E-state index contributed by atoms with van der Waals surface area (Å²) in [5, 5.41) is 31.7. The van der Waals surface area contributed by atoms with Crippen LogP contribution in [0.1, 0.15) is 15.9 Å². The number of amides is 1. The highest BCUT2D eigenvalue weighted by Crippen LogP contribution is 2.40. The van der Waals surface area contributed by atoms with Crippen molar-refractivity contribution in [1.82, 2.24) is 29.3 Å². The topological polar surface area (TPSA) is 139 Å². The lowest BCUT2D eigenvalue weighted by atomic mass is 9.86. The Morgan fingerprint density at radius 1 is 1.16 bits per heavy atom. The highest BCUT2D eigenvalue weighted by atomic mass is 19.3. The first-order chi connectivity index (χ1) is 20.7. The first-order valence-electron chi connectivity index (χ1n) is 13.3. The van der Waals surface area contributed by atoms with Crippen molar-refractivity contribution >= 4 is 17.2 Å². The van der Waals surface area contributed by atoms with Crippen molar-refractivity contribution in [3.8, 4) is 28.5 Å². The molecular formula is C29H27F2N7O5. The maximum Gasteiger partial charge on any atom is 0.387 e. The van der Waals surface area contributed by atoms with Crippen LogP contribution in [0.5, 0.6) is 17.2 Å². The number of aliphatic hydroxyl groups is 2. The Morgan fingerprint density at radius 2 is 1.98 bits per heavy atom. The molecule has 14 heteroatoms. The lowest BCUT2D eigenvalue weighted by molar-refractivity contribution is -0.0919. The molecule has 0 saturated carbocycles. The SMILES string of the molecule is CN1CC(O)(c2cccc(Oc3ccc(OC(F)F)c(-c4nn(CCO)cc4NC(=O)c4cnn5cccnc45)c3)c2)C1. The number of aliphatic hydroxyl groups excluding tert-OH is 1. The molecule has 0 bridgehead atoms. The second kappa shape index (κ2) is 11.4. The van der Waals surface area contributed by atoms with Crippen LogP contribution < -0.4 is 14.8 Å². The number of benzene rings is 2. The van der Waals surface area contributed by atoms with Crippen LogP contribution in [0.4, 0.5) is 14.5 Å². The van der Waals surface area contributed by atoms with Crippen molar-refractivity contribution in [3.63, 3.8) is 0 Å². The molecule has 0 unspecified atom stereocenters. The third-order valence-electron chi connectivity index (χ3n) is 6.96. The predicted octanol–water partition coefficient (Wildman–Crippen LogP) is 3.36. The molecule has 3 N–H and O–H groups in total. The summed E-state index contributed by atoms with van der Waals surface area (Å²) < 4.78 is 40.5. The number of fused-ring (bicyclic) bond motifs is 1. The summed E-state index contributed by atoms with van der Waals surface area (Å²) in [6.07, 6.45) is 6.01. The number of rotatable bonds is 10. The summed E-state index contributed by atoms with van der Waals surface area (Å²) in [5.41, 5.74) is 0.589. The number of nitrogens with zero attached hydrogens (tertiary/aromatic N) is 6. The van der Waals surface area contributed by atoms with E-state index in [0.29, 0.717) is 30.0 Å². The van der Waals surface area contributed by atoms with E-state index in [1.165, 1.54) is 46.0 Å². The monoisotopic (exact) mass is 591 g/mol. The average Bonchev–Trinajstić information content (AvgIpc) is 3.57. The maximum absolute atomic E-state index is 13.4. The molecule has 43 heavy (non-hydrogen) atoms. The van der Waals surface area contributed by atoms with Gasteiger partial charge in [0.25, 0.3) is 5.91 Å². The molecule has 0 spiro atoms. The number of halogens is 2.